The maximum atomic E-state index is 13.9. The monoisotopic (exact) mass is 551 g/mol. The second-order valence-corrected chi connectivity index (χ2v) is 12.5. The summed E-state index contributed by atoms with van der Waals surface area (Å²) in [7, 11) is 0. The zero-order valence-electron chi connectivity index (χ0n) is 23.4. The minimum atomic E-state index is -0.748. The fourth-order valence-electron chi connectivity index (χ4n) is 7.32. The highest BCUT2D eigenvalue weighted by Gasteiger charge is 2.46. The van der Waals surface area contributed by atoms with Gasteiger partial charge in [-0.25, -0.2) is 14.8 Å². The highest BCUT2D eigenvalue weighted by molar-refractivity contribution is 5.88. The number of benzene rings is 1. The summed E-state index contributed by atoms with van der Waals surface area (Å²) in [5.41, 5.74) is 6.37. The second kappa shape index (κ2) is 8.64. The molecule has 2 amide bonds. The molecule has 3 aliphatic heterocycles. The number of H-pyrrole nitrogens is 1. The molecule has 4 aromatic rings. The first kappa shape index (κ1) is 24.6. The van der Waals surface area contributed by atoms with Gasteiger partial charge in [-0.1, -0.05) is 13.0 Å². The summed E-state index contributed by atoms with van der Waals surface area (Å²) in [6.45, 7) is 6.23. The van der Waals surface area contributed by atoms with Crippen LogP contribution in [0.5, 0.6) is 0 Å². The molecule has 3 aromatic heterocycles. The van der Waals surface area contributed by atoms with Crippen LogP contribution in [0.3, 0.4) is 0 Å². The Morgan fingerprint density at radius 2 is 2.00 bits per heavy atom. The average molecular weight is 552 g/mol. The molecule has 210 valence electrons. The highest BCUT2D eigenvalue weighted by atomic mass is 16.6. The van der Waals surface area contributed by atoms with Gasteiger partial charge in [0.15, 0.2) is 0 Å². The van der Waals surface area contributed by atoms with Gasteiger partial charge in [-0.3, -0.25) is 15.2 Å². The van der Waals surface area contributed by atoms with Gasteiger partial charge in [0.05, 0.1) is 18.3 Å². The number of aryl methyl sites for hydroxylation is 1. The van der Waals surface area contributed by atoms with Crippen molar-refractivity contribution in [2.75, 3.05) is 18.4 Å². The van der Waals surface area contributed by atoms with Crippen LogP contribution in [0.1, 0.15) is 78.7 Å². The van der Waals surface area contributed by atoms with Crippen LogP contribution in [0.25, 0.3) is 10.9 Å². The van der Waals surface area contributed by atoms with E-state index < -0.39 is 11.7 Å². The summed E-state index contributed by atoms with van der Waals surface area (Å²) in [6.07, 6.45) is 9.75. The second-order valence-electron chi connectivity index (χ2n) is 12.5. The van der Waals surface area contributed by atoms with Gasteiger partial charge in [-0.05, 0) is 55.0 Å². The number of ether oxygens (including phenoxy) is 1. The van der Waals surface area contributed by atoms with Crippen LogP contribution >= 0.6 is 0 Å². The Morgan fingerprint density at radius 1 is 1.17 bits per heavy atom. The summed E-state index contributed by atoms with van der Waals surface area (Å²) in [4.78, 5) is 37.4. The molecule has 0 bridgehead atoms. The number of anilines is 1. The van der Waals surface area contributed by atoms with Gasteiger partial charge < -0.3 is 14.2 Å². The molecule has 0 unspecified atom stereocenters. The van der Waals surface area contributed by atoms with Crippen molar-refractivity contribution in [3.8, 4) is 0 Å². The molecule has 2 N–H and O–H groups in total. The quantitative estimate of drug-likeness (QED) is 0.382. The van der Waals surface area contributed by atoms with E-state index in [1.165, 1.54) is 22.4 Å². The molecule has 8 rings (SSSR count). The van der Waals surface area contributed by atoms with Gasteiger partial charge in [0.25, 0.3) is 0 Å². The standard InChI is InChI=1S/C31H33N7O3/c1-18-12-19-13-20(28-33-16-24(30(2)5-6-30)38(28)17-22(19)21-15-34-36-26(18)21)14-25(39)37-10-7-31(8-11-37)23-4-3-9-32-27(23)35-29(40)41-31/h3-4,9,12,15-16,20H,5-8,10-11,13-14,17H2,1-2H3,(H,34,36)(H,32,35,40)/t20-/m0/s1. The van der Waals surface area contributed by atoms with Gasteiger partial charge in [0.2, 0.25) is 5.91 Å². The number of hydrogen-bond donors (Lipinski definition) is 2. The first-order valence-electron chi connectivity index (χ1n) is 14.6. The molecular formula is C31H33N7O3. The number of carbonyl (C=O) groups excluding carboxylic acids is 2. The molecule has 2 fully saturated rings. The van der Waals surface area contributed by atoms with Crippen LogP contribution in [-0.2, 0) is 33.5 Å². The maximum absolute atomic E-state index is 13.9. The molecule has 1 spiro atoms. The number of likely N-dealkylation sites (tertiary alicyclic amines) is 1. The van der Waals surface area contributed by atoms with E-state index >= 15 is 0 Å². The number of aromatic nitrogens is 5. The number of amides is 2. The lowest BCUT2D eigenvalue weighted by Gasteiger charge is -2.43. The number of rotatable bonds is 3. The van der Waals surface area contributed by atoms with E-state index in [2.05, 4.69) is 45.0 Å². The SMILES string of the molecule is Cc1cc2c(c3cn[nH]c13)Cn1c(C3(C)CC3)cnc1[C@H](CC(=O)N1CCC3(CC1)OC(=O)Nc1ncccc13)C2. The first-order valence-corrected chi connectivity index (χ1v) is 14.6. The summed E-state index contributed by atoms with van der Waals surface area (Å²) in [5, 5.41) is 11.4. The van der Waals surface area contributed by atoms with Gasteiger partial charge in [0.1, 0.15) is 17.2 Å². The highest BCUT2D eigenvalue weighted by Crippen LogP contribution is 2.49. The van der Waals surface area contributed by atoms with Crippen molar-refractivity contribution in [3.05, 3.63) is 70.6 Å². The molecule has 6 heterocycles. The number of nitrogens with one attached hydrogen (secondary N) is 2. The Hall–Kier alpha value is -4.21. The largest absolute Gasteiger partial charge is 0.437 e. The molecule has 1 aliphatic carbocycles. The smallest absolute Gasteiger partial charge is 0.413 e. The molecule has 1 aromatic carbocycles. The molecule has 1 saturated carbocycles. The Kier molecular flexibility index (Phi) is 5.18. The lowest BCUT2D eigenvalue weighted by molar-refractivity contribution is -0.136. The summed E-state index contributed by atoms with van der Waals surface area (Å²) in [5.74, 6) is 1.65. The first-order chi connectivity index (χ1) is 19.8. The Morgan fingerprint density at radius 3 is 2.80 bits per heavy atom. The van der Waals surface area contributed by atoms with E-state index in [-0.39, 0.29) is 17.2 Å². The van der Waals surface area contributed by atoms with Gasteiger partial charge in [-0.15, -0.1) is 0 Å². The topological polar surface area (TPSA) is 118 Å². The fraction of sp³-hybridized carbons (Fsp3) is 0.452. The average Bonchev–Trinajstić information content (AvgIpc) is 3.35. The molecule has 41 heavy (non-hydrogen) atoms. The summed E-state index contributed by atoms with van der Waals surface area (Å²) >= 11 is 0. The van der Waals surface area contributed by atoms with Crippen molar-refractivity contribution >= 4 is 28.7 Å². The van der Waals surface area contributed by atoms with Crippen molar-refractivity contribution in [2.45, 2.75) is 75.9 Å². The van der Waals surface area contributed by atoms with E-state index in [4.69, 9.17) is 9.72 Å². The normalized spacial score (nSPS) is 21.9. The maximum Gasteiger partial charge on any atom is 0.413 e. The van der Waals surface area contributed by atoms with Gasteiger partial charge in [0, 0.05) is 72.7 Å². The van der Waals surface area contributed by atoms with Crippen LogP contribution in [0.4, 0.5) is 10.6 Å². The Labute approximate surface area is 237 Å². The van der Waals surface area contributed by atoms with Crippen LogP contribution < -0.4 is 5.32 Å². The number of carbonyl (C=O) groups is 2. The molecule has 0 radical (unpaired) electrons. The zero-order valence-corrected chi connectivity index (χ0v) is 23.4. The van der Waals surface area contributed by atoms with Crippen LogP contribution in [0.2, 0.25) is 0 Å². The number of piperidine rings is 1. The van der Waals surface area contributed by atoms with E-state index in [1.54, 1.807) is 6.20 Å². The van der Waals surface area contributed by atoms with Crippen LogP contribution in [0.15, 0.2) is 36.8 Å². The van der Waals surface area contributed by atoms with Crippen LogP contribution in [-0.4, -0.2) is 54.7 Å². The van der Waals surface area contributed by atoms with E-state index in [0.717, 1.165) is 48.1 Å². The predicted molar refractivity (Wildman–Crippen MR) is 152 cm³/mol. The molecule has 10 heteroatoms. The third kappa shape index (κ3) is 3.79. The van der Waals surface area contributed by atoms with E-state index in [1.807, 2.05) is 29.4 Å². The fourth-order valence-corrected chi connectivity index (χ4v) is 7.32. The van der Waals surface area contributed by atoms with Gasteiger partial charge >= 0.3 is 6.09 Å². The van der Waals surface area contributed by atoms with Crippen molar-refractivity contribution in [1.82, 2.24) is 29.6 Å². The van der Waals surface area contributed by atoms with Crippen molar-refractivity contribution in [1.29, 1.82) is 0 Å². The molecule has 1 saturated heterocycles. The number of aromatic amines is 1. The van der Waals surface area contributed by atoms with Crippen molar-refractivity contribution < 1.29 is 14.3 Å². The van der Waals surface area contributed by atoms with Gasteiger partial charge in [-0.2, -0.15) is 5.10 Å². The van der Waals surface area contributed by atoms with E-state index in [0.29, 0.717) is 38.2 Å². The number of pyridine rings is 1. The van der Waals surface area contributed by atoms with Crippen molar-refractivity contribution in [2.24, 2.45) is 0 Å². The number of nitrogens with zero attached hydrogens (tertiary/aromatic N) is 5. The predicted octanol–water partition coefficient (Wildman–Crippen LogP) is 4.67. The third-order valence-corrected chi connectivity index (χ3v) is 9.94. The number of fused-ring (bicyclic) bond motifs is 6. The third-order valence-electron chi connectivity index (χ3n) is 9.94. The zero-order chi connectivity index (χ0) is 27.9. The number of imidazole rings is 1. The summed E-state index contributed by atoms with van der Waals surface area (Å²) < 4.78 is 8.24. The van der Waals surface area contributed by atoms with Crippen LogP contribution in [0, 0.1) is 6.92 Å². The van der Waals surface area contributed by atoms with E-state index in [9.17, 15) is 9.59 Å². The van der Waals surface area contributed by atoms with Crippen molar-refractivity contribution in [3.63, 3.8) is 0 Å². The lowest BCUT2D eigenvalue weighted by atomic mass is 9.83. The molecular weight excluding hydrogens is 518 g/mol. The molecule has 4 aliphatic rings. The summed E-state index contributed by atoms with van der Waals surface area (Å²) in [6, 6.07) is 6.08. The minimum Gasteiger partial charge on any atom is -0.437 e. The molecule has 1 atom stereocenters. The lowest BCUT2D eigenvalue weighted by Crippen LogP contribution is -2.50. The minimum absolute atomic E-state index is 0.0267. The Balaban J connectivity index is 1.09. The molecule has 10 nitrogen and oxygen atoms in total. The Bertz CT molecular complexity index is 1720. The number of hydrogen-bond acceptors (Lipinski definition) is 6.